The van der Waals surface area contributed by atoms with Gasteiger partial charge in [-0.2, -0.15) is 0 Å². The highest BCUT2D eigenvalue weighted by Crippen LogP contribution is 2.36. The summed E-state index contributed by atoms with van der Waals surface area (Å²) in [5.41, 5.74) is -1.45. The third kappa shape index (κ3) is 1.45. The molecule has 0 aromatic carbocycles. The number of aliphatic hydroxyl groups excluding tert-OH is 4. The lowest BCUT2D eigenvalue weighted by Crippen LogP contribution is -2.46. The molecular formula is C7H14O6. The molecular weight excluding hydrogens is 180 g/mol. The number of rotatable bonds is 2. The lowest BCUT2D eigenvalue weighted by atomic mass is 9.97. The first-order chi connectivity index (χ1) is 5.89. The molecule has 1 saturated heterocycles. The van der Waals surface area contributed by atoms with Crippen molar-refractivity contribution in [2.75, 3.05) is 13.2 Å². The van der Waals surface area contributed by atoms with Gasteiger partial charge in [0.2, 0.25) is 5.79 Å². The van der Waals surface area contributed by atoms with E-state index in [0.717, 1.165) is 0 Å². The molecule has 1 aliphatic heterocycles. The molecule has 4 atom stereocenters. The van der Waals surface area contributed by atoms with Crippen LogP contribution in [0.2, 0.25) is 0 Å². The zero-order valence-electron chi connectivity index (χ0n) is 7.21. The Hall–Kier alpha value is -0.240. The van der Waals surface area contributed by atoms with Crippen LogP contribution in [0.1, 0.15) is 6.92 Å². The van der Waals surface area contributed by atoms with Gasteiger partial charge in [0.1, 0.15) is 17.8 Å². The molecule has 1 heterocycles. The zero-order valence-corrected chi connectivity index (χ0v) is 7.21. The van der Waals surface area contributed by atoms with E-state index in [2.05, 4.69) is 0 Å². The van der Waals surface area contributed by atoms with E-state index < -0.39 is 36.8 Å². The molecule has 0 aromatic heterocycles. The highest BCUT2D eigenvalue weighted by molar-refractivity contribution is 5.02. The Morgan fingerprint density at radius 1 is 1.15 bits per heavy atom. The van der Waals surface area contributed by atoms with Crippen LogP contribution in [0.4, 0.5) is 0 Å². The molecule has 1 unspecified atom stereocenters. The van der Waals surface area contributed by atoms with Gasteiger partial charge in [0.05, 0.1) is 13.2 Å². The average molecular weight is 194 g/mol. The van der Waals surface area contributed by atoms with Gasteiger partial charge in [0, 0.05) is 0 Å². The zero-order chi connectivity index (χ0) is 10.3. The quantitative estimate of drug-likeness (QED) is 0.324. The van der Waals surface area contributed by atoms with Crippen LogP contribution in [0, 0.1) is 0 Å². The number of hydrogen-bond acceptors (Lipinski definition) is 6. The van der Waals surface area contributed by atoms with Crippen LogP contribution in [-0.4, -0.2) is 62.3 Å². The summed E-state index contributed by atoms with van der Waals surface area (Å²) in [7, 11) is 0. The van der Waals surface area contributed by atoms with Crippen molar-refractivity contribution in [1.29, 1.82) is 0 Å². The van der Waals surface area contributed by atoms with Gasteiger partial charge in [0.25, 0.3) is 0 Å². The minimum Gasteiger partial charge on any atom is -0.393 e. The predicted molar refractivity (Wildman–Crippen MR) is 40.6 cm³/mol. The predicted octanol–water partition coefficient (Wildman–Crippen LogP) is -2.83. The summed E-state index contributed by atoms with van der Waals surface area (Å²) in [6, 6.07) is 0. The van der Waals surface area contributed by atoms with E-state index in [1.54, 1.807) is 0 Å². The van der Waals surface area contributed by atoms with Crippen LogP contribution < -0.4 is 0 Å². The van der Waals surface area contributed by atoms with Crippen LogP contribution in [-0.2, 0) is 4.74 Å². The second-order valence-electron chi connectivity index (χ2n) is 3.47. The summed E-state index contributed by atoms with van der Waals surface area (Å²) in [6.07, 6.45) is -3.07. The first-order valence-corrected chi connectivity index (χ1v) is 3.90. The van der Waals surface area contributed by atoms with Crippen molar-refractivity contribution in [3.05, 3.63) is 0 Å². The summed E-state index contributed by atoms with van der Waals surface area (Å²) in [5, 5.41) is 45.6. The van der Waals surface area contributed by atoms with Crippen molar-refractivity contribution in [3.63, 3.8) is 0 Å². The lowest BCUT2D eigenvalue weighted by Gasteiger charge is -2.26. The van der Waals surface area contributed by atoms with E-state index in [0.29, 0.717) is 0 Å². The Labute approximate surface area is 75.0 Å². The SMILES string of the molecule is CC1(CO)O[C@](O)(CO)[C@@H](O)[C@@H]1O. The summed E-state index contributed by atoms with van der Waals surface area (Å²) in [5.74, 6) is -2.20. The highest BCUT2D eigenvalue weighted by Gasteiger charge is 2.59. The maximum atomic E-state index is 9.41. The molecule has 0 amide bonds. The maximum absolute atomic E-state index is 9.41. The van der Waals surface area contributed by atoms with Crippen molar-refractivity contribution in [3.8, 4) is 0 Å². The average Bonchev–Trinajstić information content (AvgIpc) is 2.30. The van der Waals surface area contributed by atoms with E-state index in [-0.39, 0.29) is 0 Å². The van der Waals surface area contributed by atoms with Crippen molar-refractivity contribution in [1.82, 2.24) is 0 Å². The summed E-state index contributed by atoms with van der Waals surface area (Å²) in [6.45, 7) is -0.0805. The van der Waals surface area contributed by atoms with Crippen molar-refractivity contribution >= 4 is 0 Å². The molecule has 6 nitrogen and oxygen atoms in total. The van der Waals surface area contributed by atoms with Crippen molar-refractivity contribution in [2.45, 2.75) is 30.5 Å². The second-order valence-corrected chi connectivity index (χ2v) is 3.47. The fourth-order valence-electron chi connectivity index (χ4n) is 1.36. The fraction of sp³-hybridized carbons (Fsp3) is 1.00. The molecule has 0 aromatic rings. The standard InChI is InChI=1S/C7H14O6/c1-6(2-8)4(10)5(11)7(12,3-9)13-6/h4-5,8-12H,2-3H2,1H3/t4-,5-,6?,7+/m0/s1. The van der Waals surface area contributed by atoms with Gasteiger partial charge >= 0.3 is 0 Å². The van der Waals surface area contributed by atoms with E-state index in [9.17, 15) is 15.3 Å². The van der Waals surface area contributed by atoms with E-state index in [4.69, 9.17) is 14.9 Å². The van der Waals surface area contributed by atoms with Crippen LogP contribution in [0.3, 0.4) is 0 Å². The molecule has 0 aliphatic carbocycles. The van der Waals surface area contributed by atoms with E-state index in [1.807, 2.05) is 0 Å². The molecule has 1 rings (SSSR count). The van der Waals surface area contributed by atoms with Gasteiger partial charge < -0.3 is 30.3 Å². The number of aliphatic hydroxyl groups is 5. The molecule has 13 heavy (non-hydrogen) atoms. The molecule has 0 radical (unpaired) electrons. The molecule has 0 spiro atoms. The van der Waals surface area contributed by atoms with Crippen LogP contribution >= 0.6 is 0 Å². The minimum absolute atomic E-state index is 0.562. The molecule has 0 saturated carbocycles. The molecule has 0 bridgehead atoms. The normalized spacial score (nSPS) is 51.2. The monoisotopic (exact) mass is 194 g/mol. The Kier molecular flexibility index (Phi) is 2.63. The molecule has 5 N–H and O–H groups in total. The summed E-state index contributed by atoms with van der Waals surface area (Å²) >= 11 is 0. The topological polar surface area (TPSA) is 110 Å². The smallest absolute Gasteiger partial charge is 0.219 e. The minimum atomic E-state index is -2.20. The van der Waals surface area contributed by atoms with Gasteiger partial charge in [-0.15, -0.1) is 0 Å². The molecule has 78 valence electrons. The van der Waals surface area contributed by atoms with Crippen LogP contribution in [0.15, 0.2) is 0 Å². The van der Waals surface area contributed by atoms with Gasteiger partial charge in [-0.25, -0.2) is 0 Å². The summed E-state index contributed by atoms with van der Waals surface area (Å²) in [4.78, 5) is 0. The van der Waals surface area contributed by atoms with E-state index in [1.165, 1.54) is 6.92 Å². The van der Waals surface area contributed by atoms with E-state index >= 15 is 0 Å². The van der Waals surface area contributed by atoms with Crippen molar-refractivity contribution in [2.24, 2.45) is 0 Å². The van der Waals surface area contributed by atoms with Gasteiger partial charge in [-0.1, -0.05) is 0 Å². The number of hydrogen-bond donors (Lipinski definition) is 5. The van der Waals surface area contributed by atoms with Gasteiger partial charge in [-0.05, 0) is 6.92 Å². The first-order valence-electron chi connectivity index (χ1n) is 3.90. The molecule has 6 heteroatoms. The van der Waals surface area contributed by atoms with Gasteiger partial charge in [0.15, 0.2) is 0 Å². The summed E-state index contributed by atoms with van der Waals surface area (Å²) < 4.78 is 4.81. The molecule has 1 aliphatic rings. The fourth-order valence-corrected chi connectivity index (χ4v) is 1.36. The molecule has 1 fully saturated rings. The third-order valence-corrected chi connectivity index (χ3v) is 2.34. The van der Waals surface area contributed by atoms with Crippen molar-refractivity contribution < 1.29 is 30.3 Å². The number of ether oxygens (including phenoxy) is 1. The van der Waals surface area contributed by atoms with Crippen LogP contribution in [0.25, 0.3) is 0 Å². The Bertz CT molecular complexity index is 177. The maximum Gasteiger partial charge on any atom is 0.219 e. The Balaban J connectivity index is 2.90. The largest absolute Gasteiger partial charge is 0.393 e. The van der Waals surface area contributed by atoms with Crippen LogP contribution in [0.5, 0.6) is 0 Å². The Morgan fingerprint density at radius 3 is 1.92 bits per heavy atom. The highest BCUT2D eigenvalue weighted by atomic mass is 16.7. The second kappa shape index (κ2) is 3.16. The lowest BCUT2D eigenvalue weighted by molar-refractivity contribution is -0.266. The van der Waals surface area contributed by atoms with Gasteiger partial charge in [-0.3, -0.25) is 0 Å². The Morgan fingerprint density at radius 2 is 1.69 bits per heavy atom. The third-order valence-electron chi connectivity index (χ3n) is 2.34. The first kappa shape index (κ1) is 10.8.